The SMILES string of the molecule is CNC(C)(CCCSc1ccccc1OC)C(N)=O. The molecule has 0 radical (unpaired) electrons. The van der Waals surface area contributed by atoms with Crippen molar-refractivity contribution in [1.29, 1.82) is 0 Å². The Morgan fingerprint density at radius 3 is 2.74 bits per heavy atom. The van der Waals surface area contributed by atoms with E-state index in [1.807, 2.05) is 31.2 Å². The lowest BCUT2D eigenvalue weighted by atomic mass is 9.96. The Morgan fingerprint density at radius 1 is 1.47 bits per heavy atom. The maximum absolute atomic E-state index is 11.3. The molecular formula is C14H22N2O2S. The van der Waals surface area contributed by atoms with Gasteiger partial charge in [0.2, 0.25) is 5.91 Å². The summed E-state index contributed by atoms with van der Waals surface area (Å²) in [6.45, 7) is 1.84. The van der Waals surface area contributed by atoms with E-state index in [1.54, 1.807) is 25.9 Å². The normalized spacial score (nSPS) is 13.8. The molecule has 0 spiro atoms. The highest BCUT2D eigenvalue weighted by atomic mass is 32.2. The third kappa shape index (κ3) is 4.44. The quantitative estimate of drug-likeness (QED) is 0.565. The Labute approximate surface area is 119 Å². The second-order valence-corrected chi connectivity index (χ2v) is 5.69. The minimum absolute atomic E-state index is 0.308. The predicted molar refractivity (Wildman–Crippen MR) is 79.6 cm³/mol. The van der Waals surface area contributed by atoms with E-state index in [0.717, 1.165) is 29.2 Å². The molecule has 0 fully saturated rings. The van der Waals surface area contributed by atoms with Crippen LogP contribution in [0.15, 0.2) is 29.2 Å². The van der Waals surface area contributed by atoms with Gasteiger partial charge in [-0.2, -0.15) is 0 Å². The Hall–Kier alpha value is -1.20. The molecule has 1 atom stereocenters. The number of carbonyl (C=O) groups is 1. The maximum Gasteiger partial charge on any atom is 0.237 e. The minimum Gasteiger partial charge on any atom is -0.496 e. The van der Waals surface area contributed by atoms with Crippen LogP contribution >= 0.6 is 11.8 Å². The number of ether oxygens (including phenoxy) is 1. The van der Waals surface area contributed by atoms with Gasteiger partial charge in [0.1, 0.15) is 5.75 Å². The van der Waals surface area contributed by atoms with Crippen LogP contribution < -0.4 is 15.8 Å². The standard InChI is InChI=1S/C14H22N2O2S/c1-14(16-2,13(15)17)9-6-10-19-12-8-5-4-7-11(12)18-3/h4-5,7-8,16H,6,9-10H2,1-3H3,(H2,15,17). The van der Waals surface area contributed by atoms with Crippen molar-refractivity contribution < 1.29 is 9.53 Å². The zero-order chi connectivity index (χ0) is 14.3. The second kappa shape index (κ2) is 7.40. The van der Waals surface area contributed by atoms with Gasteiger partial charge >= 0.3 is 0 Å². The summed E-state index contributed by atoms with van der Waals surface area (Å²) in [5.41, 5.74) is 4.77. The van der Waals surface area contributed by atoms with E-state index in [2.05, 4.69) is 5.32 Å². The number of rotatable bonds is 8. The van der Waals surface area contributed by atoms with Gasteiger partial charge < -0.3 is 15.8 Å². The third-order valence-corrected chi connectivity index (χ3v) is 4.38. The Bertz CT molecular complexity index is 426. The summed E-state index contributed by atoms with van der Waals surface area (Å²) in [4.78, 5) is 12.5. The smallest absolute Gasteiger partial charge is 0.237 e. The lowest BCUT2D eigenvalue weighted by Gasteiger charge is -2.25. The number of amides is 1. The lowest BCUT2D eigenvalue weighted by molar-refractivity contribution is -0.123. The molecule has 3 N–H and O–H groups in total. The number of benzene rings is 1. The fourth-order valence-corrected chi connectivity index (χ4v) is 2.69. The highest BCUT2D eigenvalue weighted by molar-refractivity contribution is 7.99. The number of nitrogens with two attached hydrogens (primary N) is 1. The van der Waals surface area contributed by atoms with Crippen LogP contribution in [0.4, 0.5) is 0 Å². The van der Waals surface area contributed by atoms with Gasteiger partial charge in [0.05, 0.1) is 12.6 Å². The second-order valence-electron chi connectivity index (χ2n) is 4.55. The van der Waals surface area contributed by atoms with Crippen molar-refractivity contribution in [2.45, 2.75) is 30.2 Å². The molecule has 4 nitrogen and oxygen atoms in total. The van der Waals surface area contributed by atoms with Crippen molar-refractivity contribution in [3.63, 3.8) is 0 Å². The topological polar surface area (TPSA) is 64.3 Å². The van der Waals surface area contributed by atoms with Gasteiger partial charge in [0.15, 0.2) is 0 Å². The van der Waals surface area contributed by atoms with Crippen LogP contribution in [-0.4, -0.2) is 31.4 Å². The molecule has 0 aliphatic heterocycles. The number of para-hydroxylation sites is 1. The molecular weight excluding hydrogens is 260 g/mol. The fourth-order valence-electron chi connectivity index (χ4n) is 1.72. The predicted octanol–water partition coefficient (Wildman–Crippen LogP) is 2.03. The average Bonchev–Trinajstić information content (AvgIpc) is 2.43. The number of primary amides is 1. The lowest BCUT2D eigenvalue weighted by Crippen LogP contribution is -2.51. The summed E-state index contributed by atoms with van der Waals surface area (Å²) in [6, 6.07) is 7.93. The molecule has 106 valence electrons. The molecule has 1 rings (SSSR count). The van der Waals surface area contributed by atoms with Crippen molar-refractivity contribution in [1.82, 2.24) is 5.32 Å². The van der Waals surface area contributed by atoms with Gasteiger partial charge in [0, 0.05) is 4.90 Å². The van der Waals surface area contributed by atoms with Crippen LogP contribution in [0.5, 0.6) is 5.75 Å². The molecule has 1 amide bonds. The molecule has 5 heteroatoms. The van der Waals surface area contributed by atoms with Crippen LogP contribution in [0.3, 0.4) is 0 Å². The molecule has 0 aliphatic rings. The zero-order valence-electron chi connectivity index (χ0n) is 11.7. The highest BCUT2D eigenvalue weighted by Crippen LogP contribution is 2.29. The molecule has 1 aromatic rings. The summed E-state index contributed by atoms with van der Waals surface area (Å²) in [5, 5.41) is 2.99. The van der Waals surface area contributed by atoms with Gasteiger partial charge in [-0.15, -0.1) is 11.8 Å². The van der Waals surface area contributed by atoms with E-state index in [1.165, 1.54) is 0 Å². The molecule has 0 heterocycles. The fraction of sp³-hybridized carbons (Fsp3) is 0.500. The highest BCUT2D eigenvalue weighted by Gasteiger charge is 2.27. The summed E-state index contributed by atoms with van der Waals surface area (Å²) < 4.78 is 5.30. The Kier molecular flexibility index (Phi) is 6.18. The van der Waals surface area contributed by atoms with Crippen LogP contribution in [-0.2, 0) is 4.79 Å². The minimum atomic E-state index is -0.624. The summed E-state index contributed by atoms with van der Waals surface area (Å²) in [5.74, 6) is 1.50. The van der Waals surface area contributed by atoms with E-state index in [0.29, 0.717) is 0 Å². The third-order valence-electron chi connectivity index (χ3n) is 3.24. The molecule has 0 bridgehead atoms. The molecule has 0 saturated carbocycles. The van der Waals surface area contributed by atoms with Gasteiger partial charge in [-0.25, -0.2) is 0 Å². The average molecular weight is 282 g/mol. The molecule has 0 saturated heterocycles. The van der Waals surface area contributed by atoms with Crippen LogP contribution in [0.25, 0.3) is 0 Å². The molecule has 1 aromatic carbocycles. The summed E-state index contributed by atoms with van der Waals surface area (Å²) >= 11 is 1.73. The number of likely N-dealkylation sites (N-methyl/N-ethyl adjacent to an activating group) is 1. The van der Waals surface area contributed by atoms with E-state index >= 15 is 0 Å². The number of nitrogens with one attached hydrogen (secondary N) is 1. The number of thioether (sulfide) groups is 1. The van der Waals surface area contributed by atoms with Crippen molar-refractivity contribution in [2.75, 3.05) is 19.9 Å². The first-order valence-corrected chi connectivity index (χ1v) is 7.26. The number of carbonyl (C=O) groups excluding carboxylic acids is 1. The molecule has 1 unspecified atom stereocenters. The van der Waals surface area contributed by atoms with Crippen molar-refractivity contribution in [2.24, 2.45) is 5.73 Å². The van der Waals surface area contributed by atoms with Crippen molar-refractivity contribution in [3.8, 4) is 5.75 Å². The molecule has 0 aromatic heterocycles. The monoisotopic (exact) mass is 282 g/mol. The number of hydrogen-bond acceptors (Lipinski definition) is 4. The largest absolute Gasteiger partial charge is 0.496 e. The van der Waals surface area contributed by atoms with E-state index in [-0.39, 0.29) is 5.91 Å². The van der Waals surface area contributed by atoms with Gasteiger partial charge in [-0.1, -0.05) is 12.1 Å². The van der Waals surface area contributed by atoms with E-state index < -0.39 is 5.54 Å². The first-order chi connectivity index (χ1) is 9.03. The summed E-state index contributed by atoms with van der Waals surface area (Å²) in [7, 11) is 3.43. The van der Waals surface area contributed by atoms with Crippen molar-refractivity contribution >= 4 is 17.7 Å². The Balaban J connectivity index is 2.45. The summed E-state index contributed by atoms with van der Waals surface area (Å²) in [6.07, 6.45) is 1.63. The van der Waals surface area contributed by atoms with Gasteiger partial charge in [0.25, 0.3) is 0 Å². The van der Waals surface area contributed by atoms with Crippen molar-refractivity contribution in [3.05, 3.63) is 24.3 Å². The molecule has 19 heavy (non-hydrogen) atoms. The van der Waals surface area contributed by atoms with Crippen LogP contribution in [0.1, 0.15) is 19.8 Å². The van der Waals surface area contributed by atoms with Gasteiger partial charge in [-0.3, -0.25) is 4.79 Å². The Morgan fingerprint density at radius 2 is 2.16 bits per heavy atom. The number of methoxy groups -OCH3 is 1. The molecule has 0 aliphatic carbocycles. The number of hydrogen-bond donors (Lipinski definition) is 2. The van der Waals surface area contributed by atoms with Gasteiger partial charge in [-0.05, 0) is 44.7 Å². The first-order valence-electron chi connectivity index (χ1n) is 6.28. The van der Waals surface area contributed by atoms with Crippen LogP contribution in [0, 0.1) is 0 Å². The maximum atomic E-state index is 11.3. The van der Waals surface area contributed by atoms with E-state index in [9.17, 15) is 4.79 Å². The van der Waals surface area contributed by atoms with Crippen LogP contribution in [0.2, 0.25) is 0 Å². The first kappa shape index (κ1) is 15.9. The van der Waals surface area contributed by atoms with E-state index in [4.69, 9.17) is 10.5 Å². The zero-order valence-corrected chi connectivity index (χ0v) is 12.5.